The Labute approximate surface area is 126 Å². The van der Waals surface area contributed by atoms with Crippen LogP contribution in [-0.2, 0) is 12.6 Å². The quantitative estimate of drug-likeness (QED) is 0.867. The van der Waals surface area contributed by atoms with Crippen molar-refractivity contribution in [3.63, 3.8) is 0 Å². The zero-order chi connectivity index (χ0) is 14.9. The standard InChI is InChI=1S/C13H11BrF3NOS/c1-7-18-9(6-20-7)5-12(19)10-3-2-8(14)4-11(10)13(15,16)17/h2-4,6,12,19H,5H2,1H3. The summed E-state index contributed by atoms with van der Waals surface area (Å²) in [6.07, 6.45) is -5.67. The number of aliphatic hydroxyl groups is 1. The van der Waals surface area contributed by atoms with E-state index in [9.17, 15) is 18.3 Å². The summed E-state index contributed by atoms with van der Waals surface area (Å²) in [4.78, 5) is 4.15. The molecule has 1 unspecified atom stereocenters. The zero-order valence-corrected chi connectivity index (χ0v) is 12.8. The molecule has 0 bridgehead atoms. The van der Waals surface area contributed by atoms with Crippen molar-refractivity contribution in [2.45, 2.75) is 25.6 Å². The second-order valence-electron chi connectivity index (χ2n) is 4.31. The molecule has 0 aliphatic heterocycles. The lowest BCUT2D eigenvalue weighted by atomic mass is 9.99. The van der Waals surface area contributed by atoms with Gasteiger partial charge < -0.3 is 5.11 Å². The van der Waals surface area contributed by atoms with Crippen LogP contribution in [0.2, 0.25) is 0 Å². The third kappa shape index (κ3) is 3.59. The summed E-state index contributed by atoms with van der Waals surface area (Å²) in [5, 5.41) is 12.6. The van der Waals surface area contributed by atoms with Crippen molar-refractivity contribution in [3.05, 3.63) is 49.9 Å². The summed E-state index contributed by atoms with van der Waals surface area (Å²) in [5.74, 6) is 0. The molecule has 0 aliphatic rings. The topological polar surface area (TPSA) is 33.1 Å². The zero-order valence-electron chi connectivity index (χ0n) is 10.4. The van der Waals surface area contributed by atoms with Crippen LogP contribution in [0.25, 0.3) is 0 Å². The van der Waals surface area contributed by atoms with Crippen LogP contribution < -0.4 is 0 Å². The number of rotatable bonds is 3. The SMILES string of the molecule is Cc1nc(CC(O)c2ccc(Br)cc2C(F)(F)F)cs1. The van der Waals surface area contributed by atoms with Crippen LogP contribution in [0, 0.1) is 6.92 Å². The molecule has 7 heteroatoms. The molecule has 0 radical (unpaired) electrons. The first-order valence-corrected chi connectivity index (χ1v) is 7.40. The first kappa shape index (κ1) is 15.5. The molecule has 1 aromatic heterocycles. The fraction of sp³-hybridized carbons (Fsp3) is 0.308. The summed E-state index contributed by atoms with van der Waals surface area (Å²) in [6, 6.07) is 3.75. The molecule has 1 atom stereocenters. The van der Waals surface area contributed by atoms with Crippen LogP contribution >= 0.6 is 27.3 Å². The summed E-state index contributed by atoms with van der Waals surface area (Å²) >= 11 is 4.42. The maximum absolute atomic E-state index is 13.0. The van der Waals surface area contributed by atoms with Gasteiger partial charge in [0, 0.05) is 16.3 Å². The number of alkyl halides is 3. The van der Waals surface area contributed by atoms with Gasteiger partial charge in [-0.15, -0.1) is 11.3 Å². The molecule has 2 rings (SSSR count). The van der Waals surface area contributed by atoms with Gasteiger partial charge in [-0.2, -0.15) is 13.2 Å². The molecule has 0 aliphatic carbocycles. The summed E-state index contributed by atoms with van der Waals surface area (Å²) in [6.45, 7) is 1.81. The Bertz CT molecular complexity index is 612. The molecule has 0 amide bonds. The molecule has 1 aromatic carbocycles. The maximum atomic E-state index is 13.0. The highest BCUT2D eigenvalue weighted by atomic mass is 79.9. The van der Waals surface area contributed by atoms with E-state index in [0.717, 1.165) is 11.1 Å². The Kier molecular flexibility index (Phi) is 4.51. The highest BCUT2D eigenvalue weighted by Gasteiger charge is 2.35. The van der Waals surface area contributed by atoms with Crippen molar-refractivity contribution < 1.29 is 18.3 Å². The first-order valence-electron chi connectivity index (χ1n) is 5.73. The minimum Gasteiger partial charge on any atom is -0.388 e. The number of benzene rings is 1. The number of hydrogen-bond acceptors (Lipinski definition) is 3. The van der Waals surface area contributed by atoms with Crippen molar-refractivity contribution >= 4 is 27.3 Å². The van der Waals surface area contributed by atoms with E-state index in [0.29, 0.717) is 10.2 Å². The molecular weight excluding hydrogens is 355 g/mol. The van der Waals surface area contributed by atoms with E-state index in [4.69, 9.17) is 0 Å². The van der Waals surface area contributed by atoms with E-state index in [1.165, 1.54) is 23.5 Å². The minimum atomic E-state index is -4.50. The Morgan fingerprint density at radius 2 is 2.10 bits per heavy atom. The van der Waals surface area contributed by atoms with Gasteiger partial charge in [0.05, 0.1) is 22.4 Å². The molecule has 0 saturated carbocycles. The molecule has 2 aromatic rings. The van der Waals surface area contributed by atoms with E-state index >= 15 is 0 Å². The number of aromatic nitrogens is 1. The Hall–Kier alpha value is -0.920. The highest BCUT2D eigenvalue weighted by molar-refractivity contribution is 9.10. The summed E-state index contributed by atoms with van der Waals surface area (Å²) < 4.78 is 39.3. The molecule has 108 valence electrons. The second-order valence-corrected chi connectivity index (χ2v) is 6.29. The van der Waals surface area contributed by atoms with Gasteiger partial charge in [-0.1, -0.05) is 22.0 Å². The highest BCUT2D eigenvalue weighted by Crippen LogP contribution is 2.37. The number of thiazole rings is 1. The van der Waals surface area contributed by atoms with Gasteiger partial charge in [0.2, 0.25) is 0 Å². The molecule has 0 fully saturated rings. The van der Waals surface area contributed by atoms with Crippen molar-refractivity contribution in [1.29, 1.82) is 0 Å². The van der Waals surface area contributed by atoms with Crippen molar-refractivity contribution in [2.75, 3.05) is 0 Å². The molecular formula is C13H11BrF3NOS. The van der Waals surface area contributed by atoms with Gasteiger partial charge >= 0.3 is 6.18 Å². The number of nitrogens with zero attached hydrogens (tertiary/aromatic N) is 1. The van der Waals surface area contributed by atoms with Crippen molar-refractivity contribution in [2.24, 2.45) is 0 Å². The predicted molar refractivity (Wildman–Crippen MR) is 74.7 cm³/mol. The maximum Gasteiger partial charge on any atom is 0.416 e. The molecule has 20 heavy (non-hydrogen) atoms. The van der Waals surface area contributed by atoms with E-state index < -0.39 is 17.8 Å². The van der Waals surface area contributed by atoms with Gasteiger partial charge in [0.15, 0.2) is 0 Å². The lowest BCUT2D eigenvalue weighted by Gasteiger charge is -2.17. The number of hydrogen-bond donors (Lipinski definition) is 1. The average molecular weight is 366 g/mol. The van der Waals surface area contributed by atoms with Gasteiger partial charge in [-0.3, -0.25) is 0 Å². The van der Waals surface area contributed by atoms with Crippen LogP contribution in [0.3, 0.4) is 0 Å². The molecule has 1 N–H and O–H groups in total. The van der Waals surface area contributed by atoms with Crippen LogP contribution in [-0.4, -0.2) is 10.1 Å². The minimum absolute atomic E-state index is 0.0645. The number of aryl methyl sites for hydroxylation is 1. The Balaban J connectivity index is 2.32. The smallest absolute Gasteiger partial charge is 0.388 e. The van der Waals surface area contributed by atoms with E-state index in [-0.39, 0.29) is 12.0 Å². The lowest BCUT2D eigenvalue weighted by Crippen LogP contribution is -2.13. The molecule has 0 saturated heterocycles. The third-order valence-electron chi connectivity index (χ3n) is 2.75. The van der Waals surface area contributed by atoms with Crippen molar-refractivity contribution in [3.8, 4) is 0 Å². The van der Waals surface area contributed by atoms with Gasteiger partial charge in [0.1, 0.15) is 0 Å². The molecule has 0 spiro atoms. The fourth-order valence-electron chi connectivity index (χ4n) is 1.87. The lowest BCUT2D eigenvalue weighted by molar-refractivity contribution is -0.139. The van der Waals surface area contributed by atoms with Gasteiger partial charge in [-0.25, -0.2) is 4.98 Å². The van der Waals surface area contributed by atoms with E-state index in [1.807, 2.05) is 0 Å². The second kappa shape index (κ2) is 5.83. The van der Waals surface area contributed by atoms with Crippen LogP contribution in [0.5, 0.6) is 0 Å². The van der Waals surface area contributed by atoms with E-state index in [2.05, 4.69) is 20.9 Å². The van der Waals surface area contributed by atoms with Crippen LogP contribution in [0.4, 0.5) is 13.2 Å². The average Bonchev–Trinajstić information content (AvgIpc) is 2.73. The third-order valence-corrected chi connectivity index (χ3v) is 4.06. The first-order chi connectivity index (χ1) is 9.27. The van der Waals surface area contributed by atoms with Crippen molar-refractivity contribution in [1.82, 2.24) is 4.98 Å². The summed E-state index contributed by atoms with van der Waals surface area (Å²) in [5.41, 5.74) is -0.367. The fourth-order valence-corrected chi connectivity index (χ4v) is 2.86. The summed E-state index contributed by atoms with van der Waals surface area (Å²) in [7, 11) is 0. The Morgan fingerprint density at radius 3 is 2.65 bits per heavy atom. The number of halogens is 4. The predicted octanol–water partition coefficient (Wildman–Crippen LogP) is 4.51. The normalized spacial score (nSPS) is 13.5. The number of aliphatic hydroxyl groups excluding tert-OH is 1. The molecule has 2 nitrogen and oxygen atoms in total. The van der Waals surface area contributed by atoms with Gasteiger partial charge in [0.25, 0.3) is 0 Å². The largest absolute Gasteiger partial charge is 0.416 e. The van der Waals surface area contributed by atoms with Crippen LogP contribution in [0.1, 0.15) is 27.9 Å². The Morgan fingerprint density at radius 1 is 1.40 bits per heavy atom. The van der Waals surface area contributed by atoms with E-state index in [1.54, 1.807) is 12.3 Å². The monoisotopic (exact) mass is 365 g/mol. The van der Waals surface area contributed by atoms with Crippen LogP contribution in [0.15, 0.2) is 28.1 Å². The van der Waals surface area contributed by atoms with Gasteiger partial charge in [-0.05, 0) is 24.6 Å². The molecule has 1 heterocycles.